The van der Waals surface area contributed by atoms with Crippen molar-refractivity contribution in [3.8, 4) is 5.69 Å². The first-order chi connectivity index (χ1) is 15.0. The Morgan fingerprint density at radius 3 is 2.55 bits per heavy atom. The van der Waals surface area contributed by atoms with Crippen LogP contribution in [-0.2, 0) is 6.42 Å². The zero-order chi connectivity index (χ0) is 21.8. The van der Waals surface area contributed by atoms with E-state index in [2.05, 4.69) is 41.3 Å². The molecule has 3 aromatic rings. The average Bonchev–Trinajstić information content (AvgIpc) is 3.33. The number of nitrogens with zero attached hydrogens (tertiary/aromatic N) is 5. The molecule has 1 fully saturated rings. The Kier molecular flexibility index (Phi) is 6.06. The van der Waals surface area contributed by atoms with E-state index in [0.717, 1.165) is 25.7 Å². The van der Waals surface area contributed by atoms with Gasteiger partial charge in [-0.15, -0.1) is 0 Å². The van der Waals surface area contributed by atoms with Gasteiger partial charge in [0, 0.05) is 24.7 Å². The van der Waals surface area contributed by atoms with Crippen LogP contribution in [0, 0.1) is 23.0 Å². The molecule has 0 atom stereocenters. The Morgan fingerprint density at radius 2 is 1.90 bits per heavy atom. The fourth-order valence-electron chi connectivity index (χ4n) is 4.06. The summed E-state index contributed by atoms with van der Waals surface area (Å²) in [6.45, 7) is 3.44. The number of piperidine rings is 1. The van der Waals surface area contributed by atoms with Gasteiger partial charge < -0.3 is 4.90 Å². The number of aryl methyl sites for hydroxylation is 2. The van der Waals surface area contributed by atoms with Crippen molar-refractivity contribution in [1.29, 1.82) is 0 Å². The molecule has 8 heteroatoms. The largest absolute Gasteiger partial charge is 0.339 e. The van der Waals surface area contributed by atoms with Crippen LogP contribution >= 0.6 is 0 Å². The van der Waals surface area contributed by atoms with Crippen molar-refractivity contribution in [1.82, 2.24) is 19.7 Å². The number of carbonyl (C=O) groups excluding carboxylic acids is 1. The van der Waals surface area contributed by atoms with E-state index in [1.54, 1.807) is 17.0 Å². The van der Waals surface area contributed by atoms with Gasteiger partial charge in [0.05, 0.1) is 4.92 Å². The third-order valence-electron chi connectivity index (χ3n) is 5.95. The van der Waals surface area contributed by atoms with E-state index < -0.39 is 4.92 Å². The van der Waals surface area contributed by atoms with E-state index in [4.69, 9.17) is 0 Å². The summed E-state index contributed by atoms with van der Waals surface area (Å²) >= 11 is 0. The molecule has 2 heterocycles. The van der Waals surface area contributed by atoms with Gasteiger partial charge in [-0.2, -0.15) is 5.10 Å². The van der Waals surface area contributed by atoms with Crippen LogP contribution in [0.15, 0.2) is 55.1 Å². The summed E-state index contributed by atoms with van der Waals surface area (Å²) < 4.78 is 1.33. The summed E-state index contributed by atoms with van der Waals surface area (Å²) in [6.07, 6.45) is 6.78. The van der Waals surface area contributed by atoms with Crippen molar-refractivity contribution in [2.45, 2.75) is 32.6 Å². The highest BCUT2D eigenvalue weighted by Crippen LogP contribution is 2.27. The van der Waals surface area contributed by atoms with Gasteiger partial charge in [-0.3, -0.25) is 14.9 Å². The number of aromatic nitrogens is 3. The molecule has 1 saturated heterocycles. The molecular weight excluding hydrogens is 394 g/mol. The predicted octanol–water partition coefficient (Wildman–Crippen LogP) is 3.97. The SMILES string of the molecule is Cc1ccc(CCC2CCN(C(=O)c3ccc(-n4cncn4)c([N+](=O)[O-])c3)CC2)cc1. The van der Waals surface area contributed by atoms with Crippen molar-refractivity contribution >= 4 is 11.6 Å². The number of hydrogen-bond acceptors (Lipinski definition) is 5. The molecule has 0 spiro atoms. The summed E-state index contributed by atoms with van der Waals surface area (Å²) in [4.78, 5) is 29.6. The molecule has 0 N–H and O–H groups in total. The number of rotatable bonds is 6. The first kappa shape index (κ1) is 20.7. The Hall–Kier alpha value is -3.55. The molecule has 0 unspecified atom stereocenters. The number of nitro groups is 1. The lowest BCUT2D eigenvalue weighted by molar-refractivity contribution is -0.384. The second-order valence-corrected chi connectivity index (χ2v) is 8.06. The molecule has 0 aliphatic carbocycles. The third-order valence-corrected chi connectivity index (χ3v) is 5.95. The van der Waals surface area contributed by atoms with Crippen LogP contribution in [0.3, 0.4) is 0 Å². The topological polar surface area (TPSA) is 94.2 Å². The van der Waals surface area contributed by atoms with Crippen molar-refractivity contribution < 1.29 is 9.72 Å². The molecule has 160 valence electrons. The van der Waals surface area contributed by atoms with Gasteiger partial charge in [0.1, 0.15) is 18.3 Å². The zero-order valence-corrected chi connectivity index (χ0v) is 17.5. The van der Waals surface area contributed by atoms with E-state index in [-0.39, 0.29) is 17.3 Å². The third kappa shape index (κ3) is 4.79. The Morgan fingerprint density at radius 1 is 1.16 bits per heavy atom. The van der Waals surface area contributed by atoms with Crippen LogP contribution in [-0.4, -0.2) is 43.6 Å². The second-order valence-electron chi connectivity index (χ2n) is 8.06. The summed E-state index contributed by atoms with van der Waals surface area (Å²) in [5.74, 6) is 0.430. The summed E-state index contributed by atoms with van der Waals surface area (Å²) in [7, 11) is 0. The Labute approximate surface area is 180 Å². The predicted molar refractivity (Wildman–Crippen MR) is 116 cm³/mol. The molecule has 1 aromatic heterocycles. The number of likely N-dealkylation sites (tertiary alicyclic amines) is 1. The molecule has 2 aromatic carbocycles. The van der Waals surface area contributed by atoms with Gasteiger partial charge >= 0.3 is 0 Å². The first-order valence-corrected chi connectivity index (χ1v) is 10.5. The number of carbonyl (C=O) groups is 1. The average molecular weight is 419 g/mol. The lowest BCUT2D eigenvalue weighted by Gasteiger charge is -2.32. The number of nitro benzene ring substituents is 1. The van der Waals surface area contributed by atoms with Crippen molar-refractivity contribution in [2.24, 2.45) is 5.92 Å². The van der Waals surface area contributed by atoms with Crippen LogP contribution in [0.2, 0.25) is 0 Å². The highest BCUT2D eigenvalue weighted by atomic mass is 16.6. The molecule has 0 bridgehead atoms. The highest BCUT2D eigenvalue weighted by Gasteiger charge is 2.26. The lowest BCUT2D eigenvalue weighted by Crippen LogP contribution is -2.38. The Balaban J connectivity index is 1.37. The molecule has 1 aliphatic heterocycles. The molecule has 0 saturated carbocycles. The van der Waals surface area contributed by atoms with E-state index in [9.17, 15) is 14.9 Å². The molecule has 1 aliphatic rings. The smallest absolute Gasteiger partial charge is 0.295 e. The maximum absolute atomic E-state index is 13.0. The van der Waals surface area contributed by atoms with Crippen molar-refractivity contribution in [3.05, 3.63) is 81.9 Å². The minimum atomic E-state index is -0.495. The maximum Gasteiger partial charge on any atom is 0.295 e. The number of amides is 1. The Bertz CT molecular complexity index is 1060. The summed E-state index contributed by atoms with van der Waals surface area (Å²) in [5.41, 5.74) is 3.07. The minimum absolute atomic E-state index is 0.162. The standard InChI is InChI=1S/C23H25N5O3/c1-17-2-4-18(5-3-17)6-7-19-10-12-26(13-11-19)23(29)20-8-9-21(22(14-20)28(30)31)27-16-24-15-25-27/h2-5,8-9,14-16,19H,6-7,10-13H2,1H3. The lowest BCUT2D eigenvalue weighted by atomic mass is 9.90. The molecule has 8 nitrogen and oxygen atoms in total. The van der Waals surface area contributed by atoms with Crippen molar-refractivity contribution in [2.75, 3.05) is 13.1 Å². The minimum Gasteiger partial charge on any atom is -0.339 e. The van der Waals surface area contributed by atoms with Crippen LogP contribution in [0.1, 0.15) is 40.7 Å². The molecule has 0 radical (unpaired) electrons. The monoisotopic (exact) mass is 419 g/mol. The molecule has 4 rings (SSSR count). The number of hydrogen-bond donors (Lipinski definition) is 0. The van der Waals surface area contributed by atoms with Gasteiger partial charge in [0.25, 0.3) is 11.6 Å². The van der Waals surface area contributed by atoms with Gasteiger partial charge in [-0.25, -0.2) is 9.67 Å². The number of benzene rings is 2. The summed E-state index contributed by atoms with van der Waals surface area (Å²) in [5, 5.41) is 15.5. The van der Waals surface area contributed by atoms with Crippen LogP contribution in [0.4, 0.5) is 5.69 Å². The second kappa shape index (κ2) is 9.07. The summed E-state index contributed by atoms with van der Waals surface area (Å²) in [6, 6.07) is 13.2. The fraction of sp³-hybridized carbons (Fsp3) is 0.348. The van der Waals surface area contributed by atoms with Gasteiger partial charge in [0.2, 0.25) is 0 Å². The van der Waals surface area contributed by atoms with E-state index in [1.165, 1.54) is 34.5 Å². The first-order valence-electron chi connectivity index (χ1n) is 10.5. The zero-order valence-electron chi connectivity index (χ0n) is 17.5. The molecular formula is C23H25N5O3. The normalized spacial score (nSPS) is 14.5. The van der Waals surface area contributed by atoms with Gasteiger partial charge in [-0.05, 0) is 56.2 Å². The van der Waals surface area contributed by atoms with Crippen LogP contribution in [0.25, 0.3) is 5.69 Å². The van der Waals surface area contributed by atoms with E-state index in [1.807, 2.05) is 0 Å². The maximum atomic E-state index is 13.0. The van der Waals surface area contributed by atoms with E-state index in [0.29, 0.717) is 24.6 Å². The quantitative estimate of drug-likeness (QED) is 0.445. The molecule has 1 amide bonds. The van der Waals surface area contributed by atoms with Gasteiger partial charge in [0.15, 0.2) is 0 Å². The van der Waals surface area contributed by atoms with E-state index >= 15 is 0 Å². The molecule has 31 heavy (non-hydrogen) atoms. The highest BCUT2D eigenvalue weighted by molar-refractivity contribution is 5.95. The van der Waals surface area contributed by atoms with Crippen LogP contribution in [0.5, 0.6) is 0 Å². The van der Waals surface area contributed by atoms with Crippen molar-refractivity contribution in [3.63, 3.8) is 0 Å². The van der Waals surface area contributed by atoms with Crippen LogP contribution < -0.4 is 0 Å². The van der Waals surface area contributed by atoms with Gasteiger partial charge in [-0.1, -0.05) is 29.8 Å². The fourth-order valence-corrected chi connectivity index (χ4v) is 4.06.